The summed E-state index contributed by atoms with van der Waals surface area (Å²) in [6.07, 6.45) is 0. The fraction of sp³-hybridized carbons (Fsp3) is 0.250. The molecule has 0 heterocycles. The molecule has 1 N–H and O–H groups in total. The van der Waals surface area contributed by atoms with E-state index in [-0.39, 0.29) is 11.9 Å². The van der Waals surface area contributed by atoms with Crippen molar-refractivity contribution in [1.82, 2.24) is 4.84 Å². The van der Waals surface area contributed by atoms with Gasteiger partial charge in [-0.25, -0.2) is 9.23 Å². The molecule has 1 aromatic carbocycles. The molecule has 0 amide bonds. The average Bonchev–Trinajstić information content (AvgIpc) is 2.03. The van der Waals surface area contributed by atoms with Gasteiger partial charge in [0.2, 0.25) is 0 Å². The molecule has 1 nitrogen and oxygen atoms in total. The first-order valence-corrected chi connectivity index (χ1v) is 3.73. The Bertz CT molecular complexity index is 239. The van der Waals surface area contributed by atoms with E-state index in [1.165, 1.54) is 12.1 Å². The van der Waals surface area contributed by atoms with Crippen molar-refractivity contribution in [2.45, 2.75) is 13.0 Å². The number of halogens is 2. The summed E-state index contributed by atoms with van der Waals surface area (Å²) in [6, 6.07) is 6.33. The summed E-state index contributed by atoms with van der Waals surface area (Å²) in [5.41, 5.74) is 0.847. The van der Waals surface area contributed by atoms with Gasteiger partial charge in [0.15, 0.2) is 0 Å². The second kappa shape index (κ2) is 3.69. The molecule has 1 rings (SSSR count). The number of rotatable bonds is 2. The largest absolute Gasteiger partial charge is 0.226 e. The molecule has 0 aromatic heterocycles. The predicted molar refractivity (Wildman–Crippen MR) is 43.8 cm³/mol. The van der Waals surface area contributed by atoms with Crippen LogP contribution in [0, 0.1) is 5.82 Å². The molecule has 3 heteroatoms. The Morgan fingerprint density at radius 3 is 2.82 bits per heavy atom. The monoisotopic (exact) mass is 173 g/mol. The van der Waals surface area contributed by atoms with Gasteiger partial charge in [-0.1, -0.05) is 12.1 Å². The first-order chi connectivity index (χ1) is 5.24. The highest BCUT2D eigenvalue weighted by atomic mass is 35.5. The van der Waals surface area contributed by atoms with Gasteiger partial charge in [-0.2, -0.15) is 0 Å². The third-order valence-corrected chi connectivity index (χ3v) is 1.84. The van der Waals surface area contributed by atoms with Crippen LogP contribution in [0.3, 0.4) is 0 Å². The minimum atomic E-state index is -0.235. The van der Waals surface area contributed by atoms with Gasteiger partial charge < -0.3 is 0 Å². The molecule has 0 aliphatic carbocycles. The summed E-state index contributed by atoms with van der Waals surface area (Å²) in [6.45, 7) is 1.86. The predicted octanol–water partition coefficient (Wildman–Crippen LogP) is 2.63. The maximum atomic E-state index is 12.6. The van der Waals surface area contributed by atoms with Crippen LogP contribution in [0.2, 0.25) is 0 Å². The molecule has 0 saturated carbocycles. The van der Waals surface area contributed by atoms with E-state index >= 15 is 0 Å². The SMILES string of the molecule is C[C@@H](NCl)c1cccc(F)c1. The van der Waals surface area contributed by atoms with Crippen LogP contribution in [0.15, 0.2) is 24.3 Å². The summed E-state index contributed by atoms with van der Waals surface area (Å²) in [5, 5.41) is 0. The topological polar surface area (TPSA) is 12.0 Å². The van der Waals surface area contributed by atoms with Gasteiger partial charge in [0, 0.05) is 6.04 Å². The van der Waals surface area contributed by atoms with Crippen molar-refractivity contribution in [1.29, 1.82) is 0 Å². The molecule has 0 fully saturated rings. The lowest BCUT2D eigenvalue weighted by Gasteiger charge is -2.07. The van der Waals surface area contributed by atoms with Crippen molar-refractivity contribution in [2.24, 2.45) is 0 Å². The Morgan fingerprint density at radius 2 is 2.27 bits per heavy atom. The van der Waals surface area contributed by atoms with Crippen molar-refractivity contribution in [3.05, 3.63) is 35.6 Å². The fourth-order valence-corrected chi connectivity index (χ4v) is 0.965. The van der Waals surface area contributed by atoms with Crippen LogP contribution >= 0.6 is 11.8 Å². The molecule has 0 unspecified atom stereocenters. The summed E-state index contributed by atoms with van der Waals surface area (Å²) >= 11 is 5.37. The van der Waals surface area contributed by atoms with Gasteiger partial charge >= 0.3 is 0 Å². The van der Waals surface area contributed by atoms with Gasteiger partial charge in [0.25, 0.3) is 0 Å². The second-order valence-corrected chi connectivity index (χ2v) is 2.60. The molecule has 0 radical (unpaired) electrons. The Labute approximate surface area is 70.3 Å². The van der Waals surface area contributed by atoms with Crippen molar-refractivity contribution in [3.63, 3.8) is 0 Å². The number of hydrogen-bond donors (Lipinski definition) is 1. The standard InChI is InChI=1S/C8H9ClFN/c1-6(11-9)7-3-2-4-8(10)5-7/h2-6,11H,1H3/t6-/m1/s1. The van der Waals surface area contributed by atoms with Crippen LogP contribution in [-0.4, -0.2) is 0 Å². The van der Waals surface area contributed by atoms with E-state index in [0.717, 1.165) is 5.56 Å². The Hall–Kier alpha value is -0.600. The summed E-state index contributed by atoms with van der Waals surface area (Å²) < 4.78 is 12.6. The minimum absolute atomic E-state index is 0.0210. The average molecular weight is 174 g/mol. The molecule has 0 aliphatic heterocycles. The zero-order valence-electron chi connectivity index (χ0n) is 6.14. The maximum absolute atomic E-state index is 12.6. The van der Waals surface area contributed by atoms with Crippen LogP contribution < -0.4 is 4.84 Å². The molecule has 0 saturated heterocycles. The summed E-state index contributed by atoms with van der Waals surface area (Å²) in [4.78, 5) is 2.51. The van der Waals surface area contributed by atoms with Crippen LogP contribution in [-0.2, 0) is 0 Å². The molecule has 1 aromatic rings. The molecular weight excluding hydrogens is 165 g/mol. The normalized spacial score (nSPS) is 13.0. The zero-order chi connectivity index (χ0) is 8.27. The van der Waals surface area contributed by atoms with E-state index in [0.29, 0.717) is 0 Å². The van der Waals surface area contributed by atoms with Crippen LogP contribution in [0.1, 0.15) is 18.5 Å². The Balaban J connectivity index is 2.86. The smallest absolute Gasteiger partial charge is 0.123 e. The Kier molecular flexibility index (Phi) is 2.85. The molecule has 0 bridgehead atoms. The van der Waals surface area contributed by atoms with Gasteiger partial charge in [-0.05, 0) is 36.4 Å². The third kappa shape index (κ3) is 2.17. The van der Waals surface area contributed by atoms with Crippen molar-refractivity contribution < 1.29 is 4.39 Å². The highest BCUT2D eigenvalue weighted by Crippen LogP contribution is 2.13. The van der Waals surface area contributed by atoms with Crippen LogP contribution in [0.25, 0.3) is 0 Å². The molecular formula is C8H9ClFN. The third-order valence-electron chi connectivity index (χ3n) is 1.51. The lowest BCUT2D eigenvalue weighted by Crippen LogP contribution is -2.06. The molecule has 11 heavy (non-hydrogen) atoms. The lowest BCUT2D eigenvalue weighted by atomic mass is 10.1. The summed E-state index contributed by atoms with van der Waals surface area (Å²) in [7, 11) is 0. The van der Waals surface area contributed by atoms with E-state index in [2.05, 4.69) is 4.84 Å². The van der Waals surface area contributed by atoms with E-state index in [9.17, 15) is 4.39 Å². The minimum Gasteiger partial charge on any atom is -0.226 e. The summed E-state index contributed by atoms with van der Waals surface area (Å²) in [5.74, 6) is -0.235. The zero-order valence-corrected chi connectivity index (χ0v) is 6.90. The highest BCUT2D eigenvalue weighted by Gasteiger charge is 2.02. The fourth-order valence-electron chi connectivity index (χ4n) is 0.839. The van der Waals surface area contributed by atoms with Crippen molar-refractivity contribution in [3.8, 4) is 0 Å². The first kappa shape index (κ1) is 8.50. The van der Waals surface area contributed by atoms with Gasteiger partial charge in [-0.3, -0.25) is 0 Å². The van der Waals surface area contributed by atoms with Crippen molar-refractivity contribution in [2.75, 3.05) is 0 Å². The second-order valence-electron chi connectivity index (χ2n) is 2.39. The molecule has 1 atom stereocenters. The number of hydrogen-bond acceptors (Lipinski definition) is 1. The van der Waals surface area contributed by atoms with Gasteiger partial charge in [0.05, 0.1) is 0 Å². The number of nitrogens with one attached hydrogen (secondary N) is 1. The van der Waals surface area contributed by atoms with Gasteiger partial charge in [0.1, 0.15) is 5.82 Å². The van der Waals surface area contributed by atoms with Gasteiger partial charge in [-0.15, -0.1) is 0 Å². The van der Waals surface area contributed by atoms with Crippen molar-refractivity contribution >= 4 is 11.8 Å². The molecule has 60 valence electrons. The highest BCUT2D eigenvalue weighted by molar-refractivity contribution is 6.13. The number of benzene rings is 1. The first-order valence-electron chi connectivity index (χ1n) is 3.35. The maximum Gasteiger partial charge on any atom is 0.123 e. The molecule has 0 spiro atoms. The van der Waals surface area contributed by atoms with E-state index in [1.54, 1.807) is 6.07 Å². The van der Waals surface area contributed by atoms with E-state index in [4.69, 9.17) is 11.8 Å². The van der Waals surface area contributed by atoms with E-state index < -0.39 is 0 Å². The van der Waals surface area contributed by atoms with Crippen LogP contribution in [0.5, 0.6) is 0 Å². The van der Waals surface area contributed by atoms with Crippen LogP contribution in [0.4, 0.5) is 4.39 Å². The Morgan fingerprint density at radius 1 is 1.55 bits per heavy atom. The quantitative estimate of drug-likeness (QED) is 0.678. The lowest BCUT2D eigenvalue weighted by molar-refractivity contribution is 0.620. The molecule has 0 aliphatic rings. The van der Waals surface area contributed by atoms with E-state index in [1.807, 2.05) is 13.0 Å².